The van der Waals surface area contributed by atoms with Crippen molar-refractivity contribution in [3.05, 3.63) is 30.1 Å². The number of hydrogen-bond acceptors (Lipinski definition) is 4. The first kappa shape index (κ1) is 22.7. The van der Waals surface area contributed by atoms with Crippen LogP contribution in [0.5, 0.6) is 0 Å². The minimum Gasteiger partial charge on any atom is -0.354 e. The fourth-order valence-corrected chi connectivity index (χ4v) is 5.82. The minimum absolute atomic E-state index is 0.0456. The molecule has 2 fully saturated rings. The van der Waals surface area contributed by atoms with Gasteiger partial charge in [0.15, 0.2) is 0 Å². The second-order valence-corrected chi connectivity index (χ2v) is 10.1. The average molecular weight is 440 g/mol. The highest BCUT2D eigenvalue weighted by Gasteiger charge is 2.42. The fourth-order valence-electron chi connectivity index (χ4n) is 4.35. The maximum Gasteiger partial charge on any atom is 0.245 e. The van der Waals surface area contributed by atoms with E-state index in [1.54, 1.807) is 0 Å². The molecule has 1 aliphatic carbocycles. The standard InChI is InChI=1S/C21H30FN3O4S/c1-2-23-20(27)21(12-4-3-5-13-21)24-19(26)16-10-14-25(15-11-16)30(28,29)18-8-6-17(22)7-9-18/h6-9,16H,2-5,10-15H2,1H3,(H,23,27)(H,24,26). The second-order valence-electron chi connectivity index (χ2n) is 8.12. The molecule has 1 heterocycles. The molecule has 0 spiro atoms. The lowest BCUT2D eigenvalue weighted by molar-refractivity contribution is -0.137. The molecule has 9 heteroatoms. The molecule has 0 radical (unpaired) electrons. The van der Waals surface area contributed by atoms with E-state index >= 15 is 0 Å². The number of nitrogens with zero attached hydrogens (tertiary/aromatic N) is 1. The van der Waals surface area contributed by atoms with Crippen molar-refractivity contribution in [3.8, 4) is 0 Å². The van der Waals surface area contributed by atoms with Crippen molar-refractivity contribution in [3.63, 3.8) is 0 Å². The van der Waals surface area contributed by atoms with E-state index in [2.05, 4.69) is 10.6 Å². The van der Waals surface area contributed by atoms with E-state index in [-0.39, 0.29) is 35.7 Å². The SMILES string of the molecule is CCNC(=O)C1(NC(=O)C2CCN(S(=O)(=O)c3ccc(F)cc3)CC2)CCCCC1. The Morgan fingerprint density at radius 3 is 2.27 bits per heavy atom. The lowest BCUT2D eigenvalue weighted by Crippen LogP contribution is -2.61. The van der Waals surface area contributed by atoms with Gasteiger partial charge in [0.05, 0.1) is 4.90 Å². The van der Waals surface area contributed by atoms with Crippen molar-refractivity contribution in [2.75, 3.05) is 19.6 Å². The van der Waals surface area contributed by atoms with E-state index in [0.29, 0.717) is 32.2 Å². The summed E-state index contributed by atoms with van der Waals surface area (Å²) in [5.74, 6) is -1.14. The van der Waals surface area contributed by atoms with Gasteiger partial charge in [-0.05, 0) is 56.9 Å². The predicted molar refractivity (Wildman–Crippen MR) is 111 cm³/mol. The Labute approximate surface area is 177 Å². The molecule has 30 heavy (non-hydrogen) atoms. The maximum absolute atomic E-state index is 13.1. The van der Waals surface area contributed by atoms with E-state index in [0.717, 1.165) is 31.4 Å². The van der Waals surface area contributed by atoms with Crippen LogP contribution in [0.1, 0.15) is 51.9 Å². The number of halogens is 1. The van der Waals surface area contributed by atoms with Crippen LogP contribution < -0.4 is 10.6 Å². The van der Waals surface area contributed by atoms with Gasteiger partial charge in [-0.25, -0.2) is 12.8 Å². The summed E-state index contributed by atoms with van der Waals surface area (Å²) in [6.45, 7) is 2.79. The Morgan fingerprint density at radius 1 is 1.10 bits per heavy atom. The Bertz CT molecular complexity index is 859. The van der Waals surface area contributed by atoms with Crippen molar-refractivity contribution in [2.45, 2.75) is 62.3 Å². The number of likely N-dealkylation sites (N-methyl/N-ethyl adjacent to an activating group) is 1. The number of benzene rings is 1. The van der Waals surface area contributed by atoms with Gasteiger partial charge in [0.1, 0.15) is 11.4 Å². The van der Waals surface area contributed by atoms with E-state index in [9.17, 15) is 22.4 Å². The largest absolute Gasteiger partial charge is 0.354 e. The van der Waals surface area contributed by atoms with E-state index in [4.69, 9.17) is 0 Å². The van der Waals surface area contributed by atoms with Gasteiger partial charge < -0.3 is 10.6 Å². The normalized spacial score (nSPS) is 20.5. The summed E-state index contributed by atoms with van der Waals surface area (Å²) in [4.78, 5) is 25.7. The smallest absolute Gasteiger partial charge is 0.245 e. The molecule has 1 aliphatic heterocycles. The molecule has 1 saturated carbocycles. The number of piperidine rings is 1. The van der Waals surface area contributed by atoms with E-state index < -0.39 is 21.4 Å². The summed E-state index contributed by atoms with van der Waals surface area (Å²) in [5.41, 5.74) is -0.858. The molecule has 0 bridgehead atoms. The first-order chi connectivity index (χ1) is 14.3. The number of amides is 2. The molecule has 0 atom stereocenters. The second kappa shape index (κ2) is 9.43. The summed E-state index contributed by atoms with van der Waals surface area (Å²) in [7, 11) is -3.72. The lowest BCUT2D eigenvalue weighted by Gasteiger charge is -2.38. The van der Waals surface area contributed by atoms with Crippen molar-refractivity contribution < 1.29 is 22.4 Å². The van der Waals surface area contributed by atoms with Gasteiger partial charge in [-0.15, -0.1) is 0 Å². The lowest BCUT2D eigenvalue weighted by atomic mass is 9.80. The molecule has 1 aromatic carbocycles. The summed E-state index contributed by atoms with van der Waals surface area (Å²) >= 11 is 0. The van der Waals surface area contributed by atoms with Crippen LogP contribution in [0.25, 0.3) is 0 Å². The zero-order valence-corrected chi connectivity index (χ0v) is 18.1. The number of carbonyl (C=O) groups is 2. The highest BCUT2D eigenvalue weighted by atomic mass is 32.2. The minimum atomic E-state index is -3.72. The van der Waals surface area contributed by atoms with Gasteiger partial charge in [-0.3, -0.25) is 9.59 Å². The van der Waals surface area contributed by atoms with E-state index in [1.807, 2.05) is 6.92 Å². The highest BCUT2D eigenvalue weighted by Crippen LogP contribution is 2.30. The number of sulfonamides is 1. The molecule has 166 valence electrons. The quantitative estimate of drug-likeness (QED) is 0.710. The zero-order valence-electron chi connectivity index (χ0n) is 17.3. The Hall–Kier alpha value is -2.00. The summed E-state index contributed by atoms with van der Waals surface area (Å²) < 4.78 is 40.0. The van der Waals surface area contributed by atoms with Gasteiger partial charge in [-0.1, -0.05) is 19.3 Å². The first-order valence-electron chi connectivity index (χ1n) is 10.6. The molecule has 2 N–H and O–H groups in total. The van der Waals surface area contributed by atoms with Crippen LogP contribution in [0.3, 0.4) is 0 Å². The maximum atomic E-state index is 13.1. The molecule has 7 nitrogen and oxygen atoms in total. The van der Waals surface area contributed by atoms with Gasteiger partial charge >= 0.3 is 0 Å². The molecule has 0 unspecified atom stereocenters. The van der Waals surface area contributed by atoms with Crippen LogP contribution in [0.4, 0.5) is 4.39 Å². The summed E-state index contributed by atoms with van der Waals surface area (Å²) in [5, 5.41) is 5.86. The topological polar surface area (TPSA) is 95.6 Å². The Morgan fingerprint density at radius 2 is 1.70 bits per heavy atom. The molecule has 1 saturated heterocycles. The number of hydrogen-bond donors (Lipinski definition) is 2. The van der Waals surface area contributed by atoms with E-state index in [1.165, 1.54) is 16.4 Å². The first-order valence-corrected chi connectivity index (χ1v) is 12.1. The molecule has 2 amide bonds. The van der Waals surface area contributed by atoms with Crippen LogP contribution in [-0.4, -0.2) is 49.7 Å². The van der Waals surface area contributed by atoms with Crippen LogP contribution in [0.15, 0.2) is 29.2 Å². The monoisotopic (exact) mass is 439 g/mol. The molecular weight excluding hydrogens is 409 g/mol. The van der Waals surface area contributed by atoms with Gasteiger partial charge in [0.25, 0.3) is 0 Å². The third-order valence-corrected chi connectivity index (χ3v) is 8.03. The fraction of sp³-hybridized carbons (Fsp3) is 0.619. The zero-order chi connectivity index (χ0) is 21.8. The van der Waals surface area contributed by atoms with Crippen molar-refractivity contribution >= 4 is 21.8 Å². The van der Waals surface area contributed by atoms with Crippen LogP contribution in [0.2, 0.25) is 0 Å². The molecule has 1 aromatic rings. The van der Waals surface area contributed by atoms with Crippen LogP contribution >= 0.6 is 0 Å². The number of nitrogens with one attached hydrogen (secondary N) is 2. The van der Waals surface area contributed by atoms with Gasteiger partial charge in [0.2, 0.25) is 21.8 Å². The molecule has 3 rings (SSSR count). The number of carbonyl (C=O) groups excluding carboxylic acids is 2. The van der Waals surface area contributed by atoms with Crippen LogP contribution in [-0.2, 0) is 19.6 Å². The third-order valence-electron chi connectivity index (χ3n) is 6.12. The summed E-state index contributed by atoms with van der Waals surface area (Å²) in [6, 6.07) is 4.75. The van der Waals surface area contributed by atoms with Crippen molar-refractivity contribution in [1.29, 1.82) is 0 Å². The third kappa shape index (κ3) is 4.83. The van der Waals surface area contributed by atoms with Crippen molar-refractivity contribution in [2.24, 2.45) is 5.92 Å². The average Bonchev–Trinajstić information content (AvgIpc) is 2.75. The number of rotatable bonds is 6. The van der Waals surface area contributed by atoms with Gasteiger partial charge in [-0.2, -0.15) is 4.31 Å². The molecule has 2 aliphatic rings. The predicted octanol–water partition coefficient (Wildman–Crippen LogP) is 2.18. The Balaban J connectivity index is 1.63. The Kier molecular flexibility index (Phi) is 7.13. The van der Waals surface area contributed by atoms with Crippen LogP contribution in [0, 0.1) is 11.7 Å². The van der Waals surface area contributed by atoms with Crippen molar-refractivity contribution in [1.82, 2.24) is 14.9 Å². The van der Waals surface area contributed by atoms with Gasteiger partial charge in [0, 0.05) is 25.6 Å². The molecule has 0 aromatic heterocycles. The molecular formula is C21H30FN3O4S. The highest BCUT2D eigenvalue weighted by molar-refractivity contribution is 7.89. The summed E-state index contributed by atoms with van der Waals surface area (Å²) in [6.07, 6.45) is 4.87.